The molecule has 2 aromatic carbocycles. The van der Waals surface area contributed by atoms with Crippen molar-refractivity contribution in [1.82, 2.24) is 14.7 Å². The first-order valence-electron chi connectivity index (χ1n) is 10.9. The van der Waals surface area contributed by atoms with E-state index >= 15 is 0 Å². The smallest absolute Gasteiger partial charge is 0.244 e. The summed E-state index contributed by atoms with van der Waals surface area (Å²) in [5, 5.41) is 0. The van der Waals surface area contributed by atoms with E-state index in [1.807, 2.05) is 59.5 Å². The van der Waals surface area contributed by atoms with Crippen molar-refractivity contribution in [2.75, 3.05) is 47.4 Å². The van der Waals surface area contributed by atoms with Crippen molar-refractivity contribution in [3.05, 3.63) is 65.7 Å². The van der Waals surface area contributed by atoms with Crippen LogP contribution in [0.4, 0.5) is 0 Å². The third kappa shape index (κ3) is 6.07. The first-order chi connectivity index (χ1) is 15.0. The number of nitrogens with zero attached hydrogens (tertiary/aromatic N) is 3. The molecule has 0 bridgehead atoms. The molecule has 0 spiro atoms. The lowest BCUT2D eigenvalue weighted by molar-refractivity contribution is -0.134. The Balaban J connectivity index is 1.61. The van der Waals surface area contributed by atoms with Crippen LogP contribution in [0.1, 0.15) is 30.0 Å². The van der Waals surface area contributed by atoms with Crippen molar-refractivity contribution in [2.45, 2.75) is 25.3 Å². The second kappa shape index (κ2) is 11.0. The predicted octanol–water partition coefficient (Wildman–Crippen LogP) is 2.99. The summed E-state index contributed by atoms with van der Waals surface area (Å²) in [6.07, 6.45) is 2.07. The van der Waals surface area contributed by atoms with Gasteiger partial charge in [0, 0.05) is 46.7 Å². The maximum absolute atomic E-state index is 13.0. The molecule has 166 valence electrons. The van der Waals surface area contributed by atoms with E-state index in [4.69, 9.17) is 4.74 Å². The molecule has 0 radical (unpaired) electrons. The second-order valence-corrected chi connectivity index (χ2v) is 8.16. The molecule has 1 unspecified atom stereocenters. The molecule has 1 fully saturated rings. The number of likely N-dealkylation sites (N-methyl/N-ethyl adjacent to an activating group) is 1. The summed E-state index contributed by atoms with van der Waals surface area (Å²) in [5.41, 5.74) is 2.13. The van der Waals surface area contributed by atoms with E-state index in [9.17, 15) is 9.59 Å². The molecule has 2 amide bonds. The molecular formula is C25H33N3O3. The molecule has 6 heteroatoms. The van der Waals surface area contributed by atoms with Crippen LogP contribution in [-0.4, -0.2) is 73.9 Å². The number of carbonyl (C=O) groups excluding carboxylic acids is 2. The highest BCUT2D eigenvalue weighted by Crippen LogP contribution is 2.24. The van der Waals surface area contributed by atoms with Gasteiger partial charge in [-0.1, -0.05) is 42.5 Å². The Labute approximate surface area is 185 Å². The van der Waals surface area contributed by atoms with Crippen LogP contribution < -0.4 is 4.74 Å². The summed E-state index contributed by atoms with van der Waals surface area (Å²) in [5.74, 6) is 1.07. The standard InChI is InChI=1S/C25H33N3O3/c1-26(2)25(30)24(21-8-5-4-6-9-21)28-17-7-16-27(18-19-28)23(29)15-12-20-10-13-22(31-3)14-11-20/h4-6,8-11,13-14,24H,7,12,15-19H2,1-3H3. The highest BCUT2D eigenvalue weighted by molar-refractivity contribution is 5.83. The molecule has 0 saturated carbocycles. The number of carbonyl (C=O) groups is 2. The van der Waals surface area contributed by atoms with Gasteiger partial charge >= 0.3 is 0 Å². The number of methoxy groups -OCH3 is 1. The zero-order chi connectivity index (χ0) is 22.2. The number of benzene rings is 2. The van der Waals surface area contributed by atoms with Gasteiger partial charge in [0.2, 0.25) is 11.8 Å². The van der Waals surface area contributed by atoms with Crippen molar-refractivity contribution in [3.63, 3.8) is 0 Å². The lowest BCUT2D eigenvalue weighted by atomic mass is 10.0. The largest absolute Gasteiger partial charge is 0.497 e. The Hall–Kier alpha value is -2.86. The lowest BCUT2D eigenvalue weighted by Gasteiger charge is -2.32. The summed E-state index contributed by atoms with van der Waals surface area (Å²) in [4.78, 5) is 31.6. The Morgan fingerprint density at radius 3 is 2.32 bits per heavy atom. The van der Waals surface area contributed by atoms with Gasteiger partial charge in [0.1, 0.15) is 11.8 Å². The first-order valence-corrected chi connectivity index (χ1v) is 10.9. The number of hydrogen-bond donors (Lipinski definition) is 0. The summed E-state index contributed by atoms with van der Waals surface area (Å²) < 4.78 is 5.19. The van der Waals surface area contributed by atoms with Crippen LogP contribution in [0.3, 0.4) is 0 Å². The summed E-state index contributed by atoms with van der Waals surface area (Å²) >= 11 is 0. The monoisotopic (exact) mass is 423 g/mol. The van der Waals surface area contributed by atoms with Crippen molar-refractivity contribution in [2.24, 2.45) is 0 Å². The van der Waals surface area contributed by atoms with Gasteiger partial charge in [-0.05, 0) is 36.1 Å². The predicted molar refractivity (Wildman–Crippen MR) is 122 cm³/mol. The topological polar surface area (TPSA) is 53.1 Å². The number of rotatable bonds is 7. The SMILES string of the molecule is COc1ccc(CCC(=O)N2CCCN(C(C(=O)N(C)C)c3ccccc3)CC2)cc1. The van der Waals surface area contributed by atoms with Gasteiger partial charge in [-0.3, -0.25) is 14.5 Å². The van der Waals surface area contributed by atoms with Crippen molar-refractivity contribution in [3.8, 4) is 5.75 Å². The maximum atomic E-state index is 13.0. The average Bonchev–Trinajstić information content (AvgIpc) is 3.05. The molecule has 6 nitrogen and oxygen atoms in total. The zero-order valence-corrected chi connectivity index (χ0v) is 18.8. The van der Waals surface area contributed by atoms with Crippen molar-refractivity contribution >= 4 is 11.8 Å². The molecule has 0 aromatic heterocycles. The lowest BCUT2D eigenvalue weighted by Crippen LogP contribution is -2.42. The Morgan fingerprint density at radius 2 is 1.68 bits per heavy atom. The molecule has 1 aliphatic heterocycles. The quantitative estimate of drug-likeness (QED) is 0.687. The van der Waals surface area contributed by atoms with Crippen molar-refractivity contribution < 1.29 is 14.3 Å². The number of aryl methyl sites for hydroxylation is 1. The fraction of sp³-hybridized carbons (Fsp3) is 0.440. The molecular weight excluding hydrogens is 390 g/mol. The Kier molecular flexibility index (Phi) is 8.06. The summed E-state index contributed by atoms with van der Waals surface area (Å²) in [6, 6.07) is 17.5. The van der Waals surface area contributed by atoms with Crippen LogP contribution in [0.2, 0.25) is 0 Å². The molecule has 1 aliphatic rings. The number of ether oxygens (including phenoxy) is 1. The van der Waals surface area contributed by atoms with Gasteiger partial charge in [-0.15, -0.1) is 0 Å². The minimum atomic E-state index is -0.314. The molecule has 1 saturated heterocycles. The van der Waals surface area contributed by atoms with Crippen LogP contribution in [0, 0.1) is 0 Å². The van der Waals surface area contributed by atoms with Gasteiger partial charge in [0.25, 0.3) is 0 Å². The molecule has 0 aliphatic carbocycles. The third-order valence-corrected chi connectivity index (χ3v) is 5.82. The molecule has 31 heavy (non-hydrogen) atoms. The summed E-state index contributed by atoms with van der Waals surface area (Å²) in [6.45, 7) is 2.86. The second-order valence-electron chi connectivity index (χ2n) is 8.16. The summed E-state index contributed by atoms with van der Waals surface area (Å²) in [7, 11) is 5.24. The van der Waals surface area contributed by atoms with Gasteiger partial charge in [-0.2, -0.15) is 0 Å². The first kappa shape index (κ1) is 22.8. The minimum absolute atomic E-state index is 0.0745. The number of amides is 2. The zero-order valence-electron chi connectivity index (χ0n) is 18.8. The van der Waals surface area contributed by atoms with E-state index in [1.165, 1.54) is 0 Å². The van der Waals surface area contributed by atoms with Crippen LogP contribution in [0.15, 0.2) is 54.6 Å². The van der Waals surface area contributed by atoms with E-state index in [1.54, 1.807) is 26.1 Å². The fourth-order valence-electron chi connectivity index (χ4n) is 4.04. The van der Waals surface area contributed by atoms with Gasteiger partial charge in [0.15, 0.2) is 0 Å². The van der Waals surface area contributed by atoms with Crippen LogP contribution in [-0.2, 0) is 16.0 Å². The molecule has 1 atom stereocenters. The van der Waals surface area contributed by atoms with Gasteiger partial charge in [0.05, 0.1) is 7.11 Å². The maximum Gasteiger partial charge on any atom is 0.244 e. The van der Waals surface area contributed by atoms with Gasteiger partial charge < -0.3 is 14.5 Å². The van der Waals surface area contributed by atoms with E-state index < -0.39 is 0 Å². The van der Waals surface area contributed by atoms with Gasteiger partial charge in [-0.25, -0.2) is 0 Å². The van der Waals surface area contributed by atoms with E-state index in [0.29, 0.717) is 19.5 Å². The Morgan fingerprint density at radius 1 is 0.968 bits per heavy atom. The fourth-order valence-corrected chi connectivity index (χ4v) is 4.04. The molecule has 1 heterocycles. The highest BCUT2D eigenvalue weighted by Gasteiger charge is 2.31. The molecule has 0 N–H and O–H groups in total. The Bertz CT molecular complexity index is 852. The average molecular weight is 424 g/mol. The van der Waals surface area contributed by atoms with Crippen molar-refractivity contribution in [1.29, 1.82) is 0 Å². The number of hydrogen-bond acceptors (Lipinski definition) is 4. The van der Waals surface area contributed by atoms with E-state index in [2.05, 4.69) is 4.90 Å². The minimum Gasteiger partial charge on any atom is -0.497 e. The third-order valence-electron chi connectivity index (χ3n) is 5.82. The van der Waals surface area contributed by atoms with Crippen LogP contribution >= 0.6 is 0 Å². The van der Waals surface area contributed by atoms with Crippen LogP contribution in [0.5, 0.6) is 5.75 Å². The van der Waals surface area contributed by atoms with E-state index in [0.717, 1.165) is 42.8 Å². The highest BCUT2D eigenvalue weighted by atomic mass is 16.5. The van der Waals surface area contributed by atoms with E-state index in [-0.39, 0.29) is 17.9 Å². The van der Waals surface area contributed by atoms with Crippen LogP contribution in [0.25, 0.3) is 0 Å². The molecule has 3 rings (SSSR count). The normalized spacial score (nSPS) is 15.8. The molecule has 2 aromatic rings.